The summed E-state index contributed by atoms with van der Waals surface area (Å²) in [5, 5.41) is 33.5. The molecule has 4 N–H and O–H groups in total. The average molecular weight is 654 g/mol. The second kappa shape index (κ2) is 37.2. The molecular weight excluding hydrogens is 570 g/mol. The molecular formula is C41H83NO4. The summed E-state index contributed by atoms with van der Waals surface area (Å²) in [4.78, 5) is 12.4. The summed E-state index contributed by atoms with van der Waals surface area (Å²) in [6.07, 6.45) is 40.6. The highest BCUT2D eigenvalue weighted by atomic mass is 16.3. The summed E-state index contributed by atoms with van der Waals surface area (Å²) in [5.41, 5.74) is 0. The molecule has 0 saturated heterocycles. The van der Waals surface area contributed by atoms with E-state index < -0.39 is 18.2 Å². The van der Waals surface area contributed by atoms with Crippen LogP contribution in [0.15, 0.2) is 0 Å². The second-order valence-electron chi connectivity index (χ2n) is 14.6. The molecule has 5 heteroatoms. The van der Waals surface area contributed by atoms with Gasteiger partial charge in [-0.1, -0.05) is 213 Å². The third kappa shape index (κ3) is 31.9. The molecule has 0 rings (SSSR count). The van der Waals surface area contributed by atoms with Crippen LogP contribution in [-0.2, 0) is 4.79 Å². The molecule has 0 fully saturated rings. The Labute approximate surface area is 287 Å². The molecule has 0 aliphatic rings. The van der Waals surface area contributed by atoms with Crippen molar-refractivity contribution in [2.24, 2.45) is 0 Å². The third-order valence-corrected chi connectivity index (χ3v) is 9.96. The van der Waals surface area contributed by atoms with Gasteiger partial charge in [-0.2, -0.15) is 0 Å². The zero-order chi connectivity index (χ0) is 33.8. The first kappa shape index (κ1) is 45.3. The second-order valence-corrected chi connectivity index (χ2v) is 14.6. The van der Waals surface area contributed by atoms with Gasteiger partial charge in [0.05, 0.1) is 18.8 Å². The van der Waals surface area contributed by atoms with Crippen molar-refractivity contribution in [2.75, 3.05) is 6.61 Å². The lowest BCUT2D eigenvalue weighted by Gasteiger charge is -2.26. The van der Waals surface area contributed by atoms with Crippen LogP contribution in [0.3, 0.4) is 0 Å². The van der Waals surface area contributed by atoms with Gasteiger partial charge in [0.1, 0.15) is 6.10 Å². The number of nitrogens with one attached hydrogen (secondary N) is 1. The minimum atomic E-state index is -1.13. The van der Waals surface area contributed by atoms with E-state index in [2.05, 4.69) is 19.2 Å². The van der Waals surface area contributed by atoms with E-state index in [1.54, 1.807) is 0 Å². The van der Waals surface area contributed by atoms with Gasteiger partial charge >= 0.3 is 0 Å². The van der Waals surface area contributed by atoms with Crippen molar-refractivity contribution in [1.82, 2.24) is 5.32 Å². The van der Waals surface area contributed by atoms with E-state index in [-0.39, 0.29) is 12.5 Å². The van der Waals surface area contributed by atoms with Crippen molar-refractivity contribution in [2.45, 2.75) is 250 Å². The fourth-order valence-electron chi connectivity index (χ4n) is 6.69. The predicted octanol–water partition coefficient (Wildman–Crippen LogP) is 11.5. The zero-order valence-electron chi connectivity index (χ0n) is 31.2. The number of unbranched alkanes of at least 4 members (excludes halogenated alkanes) is 30. The van der Waals surface area contributed by atoms with Gasteiger partial charge in [0.25, 0.3) is 0 Å². The molecule has 0 bridgehead atoms. The van der Waals surface area contributed by atoms with Gasteiger partial charge in [-0.3, -0.25) is 4.79 Å². The highest BCUT2D eigenvalue weighted by Crippen LogP contribution is 2.17. The number of aliphatic hydroxyl groups is 3. The van der Waals surface area contributed by atoms with Crippen LogP contribution in [0.25, 0.3) is 0 Å². The highest BCUT2D eigenvalue weighted by molar-refractivity contribution is 5.76. The van der Waals surface area contributed by atoms with Crippen molar-refractivity contribution < 1.29 is 20.1 Å². The number of carbonyl (C=O) groups is 1. The number of amides is 1. The quantitative estimate of drug-likeness (QED) is 0.0499. The van der Waals surface area contributed by atoms with Gasteiger partial charge in [-0.15, -0.1) is 0 Å². The van der Waals surface area contributed by atoms with Crippen LogP contribution in [0.2, 0.25) is 0 Å². The number of rotatable bonds is 38. The molecule has 1 amide bonds. The molecule has 0 unspecified atom stereocenters. The molecule has 0 aromatic carbocycles. The van der Waals surface area contributed by atoms with Crippen LogP contribution in [0.5, 0.6) is 0 Å². The monoisotopic (exact) mass is 654 g/mol. The smallest absolute Gasteiger partial charge is 0.220 e. The van der Waals surface area contributed by atoms with Crippen LogP contribution < -0.4 is 5.32 Å². The molecule has 0 radical (unpaired) electrons. The van der Waals surface area contributed by atoms with E-state index in [4.69, 9.17) is 0 Å². The lowest BCUT2D eigenvalue weighted by molar-refractivity contribution is -0.124. The molecule has 0 aliphatic heterocycles. The summed E-state index contributed by atoms with van der Waals surface area (Å²) in [5.74, 6) is -0.141. The van der Waals surface area contributed by atoms with Gasteiger partial charge in [-0.25, -0.2) is 0 Å². The topological polar surface area (TPSA) is 89.8 Å². The van der Waals surface area contributed by atoms with Crippen LogP contribution in [0, 0.1) is 0 Å². The SMILES string of the molecule is CCCCCCCCCCCCCCCCCCCCCC(=O)N[C@@H](CO)[C@H](O)[C@H](O)CCCCCCCCCCCCCCC. The zero-order valence-corrected chi connectivity index (χ0v) is 31.2. The standard InChI is InChI=1S/C41H83NO4/c1-3-5-7-9-11-13-15-17-18-19-20-21-22-24-26-28-30-32-34-36-40(45)42-38(37-43)41(46)39(44)35-33-31-29-27-25-23-16-14-12-10-8-6-4-2/h38-39,41,43-44,46H,3-37H2,1-2H3,(H,42,45)/t38-,39+,41-/m0/s1. The van der Waals surface area contributed by atoms with E-state index in [9.17, 15) is 20.1 Å². The van der Waals surface area contributed by atoms with Gasteiger partial charge in [-0.05, 0) is 12.8 Å². The van der Waals surface area contributed by atoms with E-state index in [1.807, 2.05) is 0 Å². The molecule has 0 spiro atoms. The Kier molecular flexibility index (Phi) is 36.6. The number of hydrogen-bond donors (Lipinski definition) is 4. The van der Waals surface area contributed by atoms with E-state index >= 15 is 0 Å². The first-order valence-corrected chi connectivity index (χ1v) is 20.8. The van der Waals surface area contributed by atoms with E-state index in [1.165, 1.54) is 173 Å². The lowest BCUT2D eigenvalue weighted by Crippen LogP contribution is -2.50. The number of aliphatic hydroxyl groups excluding tert-OH is 3. The Morgan fingerprint density at radius 2 is 0.739 bits per heavy atom. The van der Waals surface area contributed by atoms with Crippen molar-refractivity contribution in [3.8, 4) is 0 Å². The average Bonchev–Trinajstić information content (AvgIpc) is 3.06. The molecule has 0 aromatic heterocycles. The molecule has 0 aromatic rings. The molecule has 276 valence electrons. The summed E-state index contributed by atoms with van der Waals surface area (Å²) in [6, 6.07) is -0.801. The van der Waals surface area contributed by atoms with Crippen LogP contribution in [0.4, 0.5) is 0 Å². The molecule has 0 heterocycles. The van der Waals surface area contributed by atoms with Crippen molar-refractivity contribution in [1.29, 1.82) is 0 Å². The molecule has 0 saturated carbocycles. The summed E-state index contributed by atoms with van der Waals surface area (Å²) in [7, 11) is 0. The number of carbonyl (C=O) groups excluding carboxylic acids is 1. The summed E-state index contributed by atoms with van der Waals surface area (Å²) in [6.45, 7) is 4.19. The Morgan fingerprint density at radius 1 is 0.457 bits per heavy atom. The Bertz CT molecular complexity index is 601. The van der Waals surface area contributed by atoms with Gasteiger partial charge in [0.15, 0.2) is 0 Å². The summed E-state index contributed by atoms with van der Waals surface area (Å²) < 4.78 is 0. The highest BCUT2D eigenvalue weighted by Gasteiger charge is 2.26. The van der Waals surface area contributed by atoms with Crippen molar-refractivity contribution in [3.05, 3.63) is 0 Å². The Hall–Kier alpha value is -0.650. The molecule has 0 aliphatic carbocycles. The lowest BCUT2D eigenvalue weighted by atomic mass is 9.99. The molecule has 46 heavy (non-hydrogen) atoms. The van der Waals surface area contributed by atoms with Gasteiger partial charge in [0.2, 0.25) is 5.91 Å². The first-order valence-electron chi connectivity index (χ1n) is 20.8. The Balaban J connectivity index is 3.59. The van der Waals surface area contributed by atoms with Gasteiger partial charge in [0, 0.05) is 6.42 Å². The van der Waals surface area contributed by atoms with Gasteiger partial charge < -0.3 is 20.6 Å². The normalized spacial score (nSPS) is 13.6. The molecule has 5 nitrogen and oxygen atoms in total. The third-order valence-electron chi connectivity index (χ3n) is 9.96. The molecule has 3 atom stereocenters. The fourth-order valence-corrected chi connectivity index (χ4v) is 6.69. The van der Waals surface area contributed by atoms with E-state index in [0.29, 0.717) is 12.8 Å². The van der Waals surface area contributed by atoms with Crippen LogP contribution in [0.1, 0.15) is 232 Å². The first-order chi connectivity index (χ1) is 22.6. The van der Waals surface area contributed by atoms with E-state index in [0.717, 1.165) is 32.1 Å². The maximum atomic E-state index is 12.4. The predicted molar refractivity (Wildman–Crippen MR) is 199 cm³/mol. The Morgan fingerprint density at radius 3 is 1.04 bits per heavy atom. The van der Waals surface area contributed by atoms with Crippen LogP contribution in [-0.4, -0.2) is 46.1 Å². The maximum Gasteiger partial charge on any atom is 0.220 e. The summed E-state index contributed by atoms with van der Waals surface area (Å²) >= 11 is 0. The maximum absolute atomic E-state index is 12.4. The van der Waals surface area contributed by atoms with Crippen LogP contribution >= 0.6 is 0 Å². The minimum absolute atomic E-state index is 0.141. The minimum Gasteiger partial charge on any atom is -0.394 e. The van der Waals surface area contributed by atoms with Crippen molar-refractivity contribution in [3.63, 3.8) is 0 Å². The number of hydrogen-bond acceptors (Lipinski definition) is 4. The van der Waals surface area contributed by atoms with Crippen molar-refractivity contribution >= 4 is 5.91 Å². The largest absolute Gasteiger partial charge is 0.394 e. The fraction of sp³-hybridized carbons (Fsp3) is 0.976.